The predicted octanol–water partition coefficient (Wildman–Crippen LogP) is 1.58. The van der Waals surface area contributed by atoms with Gasteiger partial charge in [-0.25, -0.2) is 0 Å². The van der Waals surface area contributed by atoms with Crippen molar-refractivity contribution in [3.05, 3.63) is 11.3 Å². The second-order valence-corrected chi connectivity index (χ2v) is 5.97. The third-order valence-corrected chi connectivity index (χ3v) is 5.04. The number of hydrogen-bond donors (Lipinski definition) is 1. The van der Waals surface area contributed by atoms with Gasteiger partial charge in [0, 0.05) is 24.7 Å². The van der Waals surface area contributed by atoms with Crippen molar-refractivity contribution in [1.82, 2.24) is 4.90 Å². The van der Waals surface area contributed by atoms with E-state index in [-0.39, 0.29) is 11.6 Å². The average Bonchev–Trinajstić information content (AvgIpc) is 2.84. The van der Waals surface area contributed by atoms with Crippen molar-refractivity contribution in [2.24, 2.45) is 17.3 Å². The first-order chi connectivity index (χ1) is 10.7. The maximum absolute atomic E-state index is 9.59. The highest BCUT2D eigenvalue weighted by Crippen LogP contribution is 2.54. The quantitative estimate of drug-likeness (QED) is 0.790. The molecule has 6 heteroatoms. The van der Waals surface area contributed by atoms with E-state index in [1.807, 2.05) is 6.07 Å². The molecule has 1 saturated heterocycles. The van der Waals surface area contributed by atoms with Crippen molar-refractivity contribution < 1.29 is 4.74 Å². The SMILES string of the molecule is N#CC1C(=N)C2=C(N3CCOCC3)CCC[C@H]2C1(C#N)C#N. The fourth-order valence-corrected chi connectivity index (χ4v) is 3.97. The second-order valence-electron chi connectivity index (χ2n) is 5.97. The molecule has 1 unspecified atom stereocenters. The molecule has 22 heavy (non-hydrogen) atoms. The highest BCUT2D eigenvalue weighted by molar-refractivity contribution is 6.06. The molecule has 2 atom stereocenters. The van der Waals surface area contributed by atoms with E-state index in [4.69, 9.17) is 10.1 Å². The Kier molecular flexibility index (Phi) is 3.61. The van der Waals surface area contributed by atoms with Gasteiger partial charge in [0.2, 0.25) is 0 Å². The van der Waals surface area contributed by atoms with Gasteiger partial charge < -0.3 is 15.0 Å². The van der Waals surface area contributed by atoms with Gasteiger partial charge in [0.15, 0.2) is 5.41 Å². The van der Waals surface area contributed by atoms with Crippen LogP contribution in [0.3, 0.4) is 0 Å². The van der Waals surface area contributed by atoms with Crippen LogP contribution in [0.1, 0.15) is 19.3 Å². The Morgan fingerprint density at radius 2 is 1.86 bits per heavy atom. The minimum Gasteiger partial charge on any atom is -0.378 e. The van der Waals surface area contributed by atoms with Crippen LogP contribution in [-0.2, 0) is 4.74 Å². The van der Waals surface area contributed by atoms with Crippen molar-refractivity contribution in [2.45, 2.75) is 19.3 Å². The van der Waals surface area contributed by atoms with Crippen LogP contribution in [0.25, 0.3) is 0 Å². The largest absolute Gasteiger partial charge is 0.378 e. The molecule has 2 fully saturated rings. The summed E-state index contributed by atoms with van der Waals surface area (Å²) in [4.78, 5) is 2.21. The summed E-state index contributed by atoms with van der Waals surface area (Å²) >= 11 is 0. The molecule has 0 aromatic rings. The number of hydrogen-bond acceptors (Lipinski definition) is 6. The highest BCUT2D eigenvalue weighted by Gasteiger charge is 2.59. The molecule has 0 aromatic heterocycles. The lowest BCUT2D eigenvalue weighted by molar-refractivity contribution is 0.0501. The van der Waals surface area contributed by atoms with Crippen molar-refractivity contribution >= 4 is 5.71 Å². The number of nitriles is 3. The van der Waals surface area contributed by atoms with Gasteiger partial charge in [-0.15, -0.1) is 0 Å². The van der Waals surface area contributed by atoms with Gasteiger partial charge >= 0.3 is 0 Å². The third-order valence-electron chi connectivity index (χ3n) is 5.04. The van der Waals surface area contributed by atoms with E-state index < -0.39 is 11.3 Å². The molecule has 2 aliphatic carbocycles. The normalized spacial score (nSPS) is 30.2. The number of allylic oxidation sites excluding steroid dienone is 2. The molecule has 1 aliphatic heterocycles. The number of nitrogens with one attached hydrogen (secondary N) is 1. The van der Waals surface area contributed by atoms with Crippen molar-refractivity contribution in [3.8, 4) is 18.2 Å². The molecule has 0 radical (unpaired) electrons. The summed E-state index contributed by atoms with van der Waals surface area (Å²) in [6.45, 7) is 2.83. The molecule has 0 spiro atoms. The summed E-state index contributed by atoms with van der Waals surface area (Å²) < 4.78 is 5.38. The Balaban J connectivity index is 2.12. The van der Waals surface area contributed by atoms with E-state index >= 15 is 0 Å². The maximum atomic E-state index is 9.59. The first-order valence-electron chi connectivity index (χ1n) is 7.56. The van der Waals surface area contributed by atoms with Crippen molar-refractivity contribution in [1.29, 1.82) is 21.2 Å². The lowest BCUT2D eigenvalue weighted by Gasteiger charge is -2.36. The second kappa shape index (κ2) is 5.44. The zero-order valence-corrected chi connectivity index (χ0v) is 12.3. The number of ether oxygens (including phenoxy) is 1. The molecular weight excluding hydrogens is 278 g/mol. The predicted molar refractivity (Wildman–Crippen MR) is 77.2 cm³/mol. The Labute approximate surface area is 129 Å². The molecular formula is C16H17N5O. The number of morpholine rings is 1. The smallest absolute Gasteiger partial charge is 0.171 e. The van der Waals surface area contributed by atoms with E-state index in [0.29, 0.717) is 19.6 Å². The minimum absolute atomic E-state index is 0.178. The molecule has 3 aliphatic rings. The topological polar surface area (TPSA) is 108 Å². The van der Waals surface area contributed by atoms with Gasteiger partial charge in [0.05, 0.1) is 37.1 Å². The van der Waals surface area contributed by atoms with E-state index in [1.54, 1.807) is 0 Å². The first kappa shape index (κ1) is 14.6. The van der Waals surface area contributed by atoms with Crippen LogP contribution >= 0.6 is 0 Å². The first-order valence-corrected chi connectivity index (χ1v) is 7.56. The molecule has 0 amide bonds. The van der Waals surface area contributed by atoms with Crippen LogP contribution < -0.4 is 0 Å². The third kappa shape index (κ3) is 1.83. The molecule has 6 nitrogen and oxygen atoms in total. The fraction of sp³-hybridized carbons (Fsp3) is 0.625. The molecule has 0 aromatic carbocycles. The van der Waals surface area contributed by atoms with Gasteiger partial charge in [-0.3, -0.25) is 0 Å². The summed E-state index contributed by atoms with van der Waals surface area (Å²) in [5.74, 6) is -1.26. The number of fused-ring (bicyclic) bond motifs is 1. The zero-order chi connectivity index (χ0) is 15.7. The van der Waals surface area contributed by atoms with Crippen LogP contribution in [0.4, 0.5) is 0 Å². The zero-order valence-electron chi connectivity index (χ0n) is 12.3. The summed E-state index contributed by atoms with van der Waals surface area (Å²) in [5.41, 5.74) is 0.607. The maximum Gasteiger partial charge on any atom is 0.171 e. The van der Waals surface area contributed by atoms with Gasteiger partial charge in [-0.1, -0.05) is 0 Å². The summed E-state index contributed by atoms with van der Waals surface area (Å²) in [6.07, 6.45) is 2.43. The molecule has 0 bridgehead atoms. The summed E-state index contributed by atoms with van der Waals surface area (Å²) in [5, 5.41) is 37.0. The minimum atomic E-state index is -1.40. The van der Waals surface area contributed by atoms with Crippen LogP contribution in [0, 0.1) is 56.7 Å². The molecule has 1 heterocycles. The number of rotatable bonds is 1. The molecule has 1 N–H and O–H groups in total. The van der Waals surface area contributed by atoms with Gasteiger partial charge in [0.1, 0.15) is 5.92 Å². The van der Waals surface area contributed by atoms with E-state index in [0.717, 1.165) is 37.2 Å². The van der Waals surface area contributed by atoms with Crippen molar-refractivity contribution in [2.75, 3.05) is 26.3 Å². The standard InChI is InChI=1S/C16H17N5O/c17-8-12-15(20)14-11(16(12,9-18)10-19)2-1-3-13(14)21-4-6-22-7-5-21/h11-12,20H,1-7H2/t11-,12?/m1/s1. The fourth-order valence-electron chi connectivity index (χ4n) is 3.97. The summed E-state index contributed by atoms with van der Waals surface area (Å²) in [7, 11) is 0. The lowest BCUT2D eigenvalue weighted by Crippen LogP contribution is -2.38. The van der Waals surface area contributed by atoms with E-state index in [2.05, 4.69) is 17.0 Å². The molecule has 3 rings (SSSR count). The van der Waals surface area contributed by atoms with Crippen LogP contribution in [0.5, 0.6) is 0 Å². The van der Waals surface area contributed by atoms with Crippen LogP contribution in [0.15, 0.2) is 11.3 Å². The Hall–Kier alpha value is -2.36. The highest BCUT2D eigenvalue weighted by atomic mass is 16.5. The average molecular weight is 295 g/mol. The van der Waals surface area contributed by atoms with Gasteiger partial charge in [-0.05, 0) is 24.8 Å². The van der Waals surface area contributed by atoms with Crippen LogP contribution in [-0.4, -0.2) is 36.9 Å². The van der Waals surface area contributed by atoms with E-state index in [9.17, 15) is 15.8 Å². The molecule has 1 saturated carbocycles. The Morgan fingerprint density at radius 3 is 2.45 bits per heavy atom. The summed E-state index contributed by atoms with van der Waals surface area (Å²) in [6, 6.07) is 6.20. The van der Waals surface area contributed by atoms with Gasteiger partial charge in [0.25, 0.3) is 0 Å². The Morgan fingerprint density at radius 1 is 1.18 bits per heavy atom. The Bertz CT molecular complexity index is 639. The molecule has 112 valence electrons. The van der Waals surface area contributed by atoms with Gasteiger partial charge in [-0.2, -0.15) is 15.8 Å². The van der Waals surface area contributed by atoms with E-state index in [1.165, 1.54) is 0 Å². The number of nitrogens with zero attached hydrogens (tertiary/aromatic N) is 4. The van der Waals surface area contributed by atoms with Crippen molar-refractivity contribution in [3.63, 3.8) is 0 Å². The monoisotopic (exact) mass is 295 g/mol. The van der Waals surface area contributed by atoms with Crippen LogP contribution in [0.2, 0.25) is 0 Å². The lowest BCUT2D eigenvalue weighted by atomic mass is 9.71.